The normalized spacial score (nSPS) is 14.6. The van der Waals surface area contributed by atoms with Gasteiger partial charge in [-0.3, -0.25) is 0 Å². The lowest BCUT2D eigenvalue weighted by Gasteiger charge is -2.19. The zero-order valence-corrected chi connectivity index (χ0v) is 9.95. The standard InChI is InChI=1S/C14H17NO3/c15-12-6-5-11(14(18)13(17)7-8-16)9-3-1-2-4-10(9)12/h1-6,13-14,16-18H,7-8,15H2. The van der Waals surface area contributed by atoms with Crippen LogP contribution in [0.3, 0.4) is 0 Å². The van der Waals surface area contributed by atoms with E-state index in [0.29, 0.717) is 11.3 Å². The highest BCUT2D eigenvalue weighted by atomic mass is 16.3. The van der Waals surface area contributed by atoms with Gasteiger partial charge in [-0.2, -0.15) is 0 Å². The van der Waals surface area contributed by atoms with Crippen LogP contribution in [0.5, 0.6) is 0 Å². The maximum absolute atomic E-state index is 10.1. The molecule has 0 saturated heterocycles. The number of hydrogen-bond acceptors (Lipinski definition) is 4. The molecule has 0 spiro atoms. The van der Waals surface area contributed by atoms with Crippen LogP contribution in [-0.2, 0) is 0 Å². The van der Waals surface area contributed by atoms with Crippen LogP contribution in [0.1, 0.15) is 18.1 Å². The van der Waals surface area contributed by atoms with Crippen LogP contribution in [0.15, 0.2) is 36.4 Å². The summed E-state index contributed by atoms with van der Waals surface area (Å²) in [6.07, 6.45) is -1.87. The molecule has 4 heteroatoms. The lowest BCUT2D eigenvalue weighted by atomic mass is 9.95. The Morgan fingerprint density at radius 2 is 1.67 bits per heavy atom. The van der Waals surface area contributed by atoms with E-state index in [-0.39, 0.29) is 13.0 Å². The van der Waals surface area contributed by atoms with Gasteiger partial charge in [0.05, 0.1) is 6.10 Å². The first-order chi connectivity index (χ1) is 8.65. The van der Waals surface area contributed by atoms with Gasteiger partial charge in [0.2, 0.25) is 0 Å². The molecule has 5 N–H and O–H groups in total. The van der Waals surface area contributed by atoms with Crippen molar-refractivity contribution in [1.82, 2.24) is 0 Å². The minimum atomic E-state index is -1.03. The van der Waals surface area contributed by atoms with E-state index in [0.717, 1.165) is 10.8 Å². The average Bonchev–Trinajstić information content (AvgIpc) is 2.39. The van der Waals surface area contributed by atoms with Crippen molar-refractivity contribution < 1.29 is 15.3 Å². The van der Waals surface area contributed by atoms with Crippen LogP contribution >= 0.6 is 0 Å². The predicted molar refractivity (Wildman–Crippen MR) is 71.0 cm³/mol. The van der Waals surface area contributed by atoms with Crippen molar-refractivity contribution in [2.24, 2.45) is 0 Å². The summed E-state index contributed by atoms with van der Waals surface area (Å²) in [5.41, 5.74) is 7.14. The van der Waals surface area contributed by atoms with E-state index in [1.807, 2.05) is 24.3 Å². The molecule has 18 heavy (non-hydrogen) atoms. The van der Waals surface area contributed by atoms with Gasteiger partial charge in [0, 0.05) is 17.7 Å². The van der Waals surface area contributed by atoms with E-state index < -0.39 is 12.2 Å². The zero-order chi connectivity index (χ0) is 13.1. The van der Waals surface area contributed by atoms with Crippen molar-refractivity contribution in [2.45, 2.75) is 18.6 Å². The Bertz CT molecular complexity index is 542. The largest absolute Gasteiger partial charge is 0.398 e. The number of fused-ring (bicyclic) bond motifs is 1. The van der Waals surface area contributed by atoms with Crippen molar-refractivity contribution >= 4 is 16.5 Å². The second kappa shape index (κ2) is 5.35. The molecule has 2 atom stereocenters. The summed E-state index contributed by atoms with van der Waals surface area (Å²) >= 11 is 0. The highest BCUT2D eigenvalue weighted by Gasteiger charge is 2.20. The second-order valence-corrected chi connectivity index (χ2v) is 4.31. The number of nitrogens with two attached hydrogens (primary N) is 1. The molecule has 0 bridgehead atoms. The lowest BCUT2D eigenvalue weighted by Crippen LogP contribution is -2.19. The molecule has 2 rings (SSSR count). The van der Waals surface area contributed by atoms with E-state index >= 15 is 0 Å². The van der Waals surface area contributed by atoms with E-state index in [1.165, 1.54) is 0 Å². The van der Waals surface area contributed by atoms with Crippen LogP contribution in [-0.4, -0.2) is 28.0 Å². The SMILES string of the molecule is Nc1ccc(C(O)C(O)CCO)c2ccccc12. The molecule has 2 unspecified atom stereocenters. The number of hydrogen-bond donors (Lipinski definition) is 4. The summed E-state index contributed by atoms with van der Waals surface area (Å²) in [7, 11) is 0. The third-order valence-corrected chi connectivity index (χ3v) is 3.10. The van der Waals surface area contributed by atoms with Gasteiger partial charge >= 0.3 is 0 Å². The summed E-state index contributed by atoms with van der Waals surface area (Å²) in [6, 6.07) is 10.9. The Kier molecular flexibility index (Phi) is 3.81. The Morgan fingerprint density at radius 1 is 1.00 bits per heavy atom. The Hall–Kier alpha value is -1.62. The molecule has 0 aliphatic heterocycles. The Labute approximate surface area is 105 Å². The molecule has 0 heterocycles. The minimum absolute atomic E-state index is 0.139. The molecular weight excluding hydrogens is 230 g/mol. The minimum Gasteiger partial charge on any atom is -0.398 e. The van der Waals surface area contributed by atoms with Gasteiger partial charge in [0.1, 0.15) is 6.10 Å². The molecule has 0 aliphatic carbocycles. The molecule has 0 amide bonds. The van der Waals surface area contributed by atoms with Crippen LogP contribution in [0.2, 0.25) is 0 Å². The van der Waals surface area contributed by atoms with Crippen LogP contribution in [0.25, 0.3) is 10.8 Å². The number of benzene rings is 2. The topological polar surface area (TPSA) is 86.7 Å². The maximum atomic E-state index is 10.1. The molecular formula is C14H17NO3. The molecule has 2 aromatic rings. The maximum Gasteiger partial charge on any atom is 0.106 e. The predicted octanol–water partition coefficient (Wildman–Crippen LogP) is 1.20. The van der Waals surface area contributed by atoms with Gasteiger partial charge in [-0.05, 0) is 23.4 Å². The number of nitrogen functional groups attached to an aromatic ring is 1. The summed E-state index contributed by atoms with van der Waals surface area (Å²) in [5.74, 6) is 0. The first-order valence-electron chi connectivity index (χ1n) is 5.89. The van der Waals surface area contributed by atoms with Gasteiger partial charge < -0.3 is 21.1 Å². The number of rotatable bonds is 4. The highest BCUT2D eigenvalue weighted by molar-refractivity contribution is 5.95. The summed E-state index contributed by atoms with van der Waals surface area (Å²) < 4.78 is 0. The molecule has 0 fully saturated rings. The van der Waals surface area contributed by atoms with Crippen LogP contribution in [0.4, 0.5) is 5.69 Å². The first-order valence-corrected chi connectivity index (χ1v) is 5.89. The van der Waals surface area contributed by atoms with Gasteiger partial charge in [-0.15, -0.1) is 0 Å². The fourth-order valence-electron chi connectivity index (χ4n) is 2.10. The fraction of sp³-hybridized carbons (Fsp3) is 0.286. The molecule has 0 radical (unpaired) electrons. The molecule has 0 aromatic heterocycles. The first kappa shape index (κ1) is 12.8. The van der Waals surface area contributed by atoms with Gasteiger partial charge in [0.15, 0.2) is 0 Å². The smallest absolute Gasteiger partial charge is 0.106 e. The van der Waals surface area contributed by atoms with Crippen molar-refractivity contribution in [3.63, 3.8) is 0 Å². The second-order valence-electron chi connectivity index (χ2n) is 4.31. The number of aliphatic hydroxyl groups excluding tert-OH is 3. The third-order valence-electron chi connectivity index (χ3n) is 3.10. The molecule has 4 nitrogen and oxygen atoms in total. The van der Waals surface area contributed by atoms with Crippen LogP contribution in [0, 0.1) is 0 Å². The molecule has 0 saturated carbocycles. The van der Waals surface area contributed by atoms with Gasteiger partial charge in [-0.1, -0.05) is 30.3 Å². The molecule has 96 valence electrons. The summed E-state index contributed by atoms with van der Waals surface area (Å²) in [5, 5.41) is 30.3. The number of aliphatic hydroxyl groups is 3. The van der Waals surface area contributed by atoms with Crippen molar-refractivity contribution in [2.75, 3.05) is 12.3 Å². The van der Waals surface area contributed by atoms with Crippen LogP contribution < -0.4 is 5.73 Å². The highest BCUT2D eigenvalue weighted by Crippen LogP contribution is 2.30. The lowest BCUT2D eigenvalue weighted by molar-refractivity contribution is 0.00501. The Balaban J connectivity index is 2.48. The van der Waals surface area contributed by atoms with Crippen molar-refractivity contribution in [3.05, 3.63) is 42.0 Å². The molecule has 2 aromatic carbocycles. The van der Waals surface area contributed by atoms with Gasteiger partial charge in [0.25, 0.3) is 0 Å². The van der Waals surface area contributed by atoms with E-state index in [2.05, 4.69) is 0 Å². The van der Waals surface area contributed by atoms with Crippen molar-refractivity contribution in [1.29, 1.82) is 0 Å². The van der Waals surface area contributed by atoms with E-state index in [4.69, 9.17) is 10.8 Å². The summed E-state index contributed by atoms with van der Waals surface area (Å²) in [4.78, 5) is 0. The fourth-order valence-corrected chi connectivity index (χ4v) is 2.10. The Morgan fingerprint density at radius 3 is 2.33 bits per heavy atom. The van der Waals surface area contributed by atoms with E-state index in [9.17, 15) is 10.2 Å². The van der Waals surface area contributed by atoms with Gasteiger partial charge in [-0.25, -0.2) is 0 Å². The van der Waals surface area contributed by atoms with E-state index in [1.54, 1.807) is 12.1 Å². The van der Waals surface area contributed by atoms with Crippen molar-refractivity contribution in [3.8, 4) is 0 Å². The number of anilines is 1. The zero-order valence-electron chi connectivity index (χ0n) is 9.95. The average molecular weight is 247 g/mol. The quantitative estimate of drug-likeness (QED) is 0.611. The monoisotopic (exact) mass is 247 g/mol. The third kappa shape index (κ3) is 2.31. The summed E-state index contributed by atoms with van der Waals surface area (Å²) in [6.45, 7) is -0.162. The molecule has 0 aliphatic rings.